The third-order valence-electron chi connectivity index (χ3n) is 1.94. The molecule has 0 atom stereocenters. The Labute approximate surface area is 84.9 Å². The van der Waals surface area contributed by atoms with E-state index in [0.717, 1.165) is 4.90 Å². The van der Waals surface area contributed by atoms with Crippen LogP contribution < -0.4 is 4.90 Å². The fourth-order valence-electron chi connectivity index (χ4n) is 1.27. The number of aromatic carboxylic acids is 1. The van der Waals surface area contributed by atoms with Gasteiger partial charge in [-0.1, -0.05) is 0 Å². The molecule has 0 aliphatic carbocycles. The van der Waals surface area contributed by atoms with Gasteiger partial charge in [0.15, 0.2) is 5.82 Å². The minimum atomic E-state index is -1.12. The van der Waals surface area contributed by atoms with Crippen molar-refractivity contribution < 1.29 is 14.7 Å². The third-order valence-corrected chi connectivity index (χ3v) is 1.94. The van der Waals surface area contributed by atoms with Crippen molar-refractivity contribution in [3.63, 3.8) is 0 Å². The van der Waals surface area contributed by atoms with Crippen molar-refractivity contribution in [1.82, 2.24) is 4.98 Å². The average molecular weight is 205 g/mol. The van der Waals surface area contributed by atoms with Crippen molar-refractivity contribution in [3.05, 3.63) is 23.9 Å². The first-order valence-corrected chi connectivity index (χ1v) is 4.20. The largest absolute Gasteiger partial charge is 0.478 e. The van der Waals surface area contributed by atoms with E-state index >= 15 is 0 Å². The number of anilines is 1. The van der Waals surface area contributed by atoms with Crippen LogP contribution in [-0.4, -0.2) is 34.9 Å². The fraction of sp³-hybridized carbons (Fsp3) is 0.111. The molecule has 76 valence electrons. The van der Waals surface area contributed by atoms with E-state index in [1.807, 2.05) is 0 Å². The molecule has 1 aliphatic heterocycles. The van der Waals surface area contributed by atoms with Crippen LogP contribution >= 0.6 is 0 Å². The molecule has 0 saturated heterocycles. The molecule has 0 unspecified atom stereocenters. The second kappa shape index (κ2) is 3.49. The highest BCUT2D eigenvalue weighted by Crippen LogP contribution is 2.17. The van der Waals surface area contributed by atoms with Gasteiger partial charge >= 0.3 is 5.97 Å². The summed E-state index contributed by atoms with van der Waals surface area (Å²) in [4.78, 5) is 30.9. The maximum atomic E-state index is 11.3. The number of carbonyl (C=O) groups excluding carboxylic acids is 1. The first-order chi connectivity index (χ1) is 7.20. The van der Waals surface area contributed by atoms with Gasteiger partial charge in [0, 0.05) is 6.20 Å². The number of hydrogen-bond donors (Lipinski definition) is 1. The Morgan fingerprint density at radius 3 is 2.93 bits per heavy atom. The second-order valence-corrected chi connectivity index (χ2v) is 2.90. The number of rotatable bonds is 2. The zero-order chi connectivity index (χ0) is 10.8. The van der Waals surface area contributed by atoms with Crippen LogP contribution in [0.5, 0.6) is 0 Å². The lowest BCUT2D eigenvalue weighted by Crippen LogP contribution is -2.28. The highest BCUT2D eigenvalue weighted by atomic mass is 16.4. The van der Waals surface area contributed by atoms with Gasteiger partial charge in [0.05, 0.1) is 6.34 Å². The molecule has 0 fully saturated rings. The number of aromatic nitrogens is 1. The lowest BCUT2D eigenvalue weighted by Gasteiger charge is -2.12. The zero-order valence-corrected chi connectivity index (χ0v) is 7.62. The molecular formula is C9H7N3O3. The predicted octanol–water partition coefficient (Wildman–Crippen LogP) is 0.155. The van der Waals surface area contributed by atoms with E-state index in [1.54, 1.807) is 0 Å². The van der Waals surface area contributed by atoms with Gasteiger partial charge in [-0.15, -0.1) is 0 Å². The van der Waals surface area contributed by atoms with Crippen LogP contribution in [0.4, 0.5) is 5.82 Å². The second-order valence-electron chi connectivity index (χ2n) is 2.90. The number of amides is 1. The van der Waals surface area contributed by atoms with Crippen molar-refractivity contribution in [2.45, 2.75) is 0 Å². The SMILES string of the molecule is O=C(O)c1cccnc1N1C=NCC1=O. The molecule has 6 nitrogen and oxygen atoms in total. The lowest BCUT2D eigenvalue weighted by molar-refractivity contribution is -0.115. The van der Waals surface area contributed by atoms with Gasteiger partial charge in [-0.05, 0) is 12.1 Å². The summed E-state index contributed by atoms with van der Waals surface area (Å²) in [6, 6.07) is 2.90. The monoisotopic (exact) mass is 205 g/mol. The number of pyridine rings is 1. The Bertz CT molecular complexity index is 456. The van der Waals surface area contributed by atoms with Crippen LogP contribution in [0.3, 0.4) is 0 Å². The van der Waals surface area contributed by atoms with Crippen molar-refractivity contribution >= 4 is 24.0 Å². The zero-order valence-electron chi connectivity index (χ0n) is 7.62. The molecule has 6 heteroatoms. The Morgan fingerprint density at radius 2 is 2.33 bits per heavy atom. The first-order valence-electron chi connectivity index (χ1n) is 4.20. The summed E-state index contributed by atoms with van der Waals surface area (Å²) in [7, 11) is 0. The van der Waals surface area contributed by atoms with Crippen molar-refractivity contribution in [2.75, 3.05) is 11.4 Å². The van der Waals surface area contributed by atoms with E-state index in [9.17, 15) is 9.59 Å². The number of carboxylic acids is 1. The summed E-state index contributed by atoms with van der Waals surface area (Å²) in [6.07, 6.45) is 2.72. The lowest BCUT2D eigenvalue weighted by atomic mass is 10.2. The topological polar surface area (TPSA) is 82.9 Å². The highest BCUT2D eigenvalue weighted by molar-refractivity contribution is 6.14. The Morgan fingerprint density at radius 1 is 1.53 bits per heavy atom. The summed E-state index contributed by atoms with van der Waals surface area (Å²) >= 11 is 0. The van der Waals surface area contributed by atoms with Gasteiger partial charge in [0.25, 0.3) is 5.91 Å². The molecule has 0 saturated carbocycles. The van der Waals surface area contributed by atoms with Crippen molar-refractivity contribution in [3.8, 4) is 0 Å². The fourth-order valence-corrected chi connectivity index (χ4v) is 1.27. The van der Waals surface area contributed by atoms with E-state index in [2.05, 4.69) is 9.98 Å². The maximum Gasteiger partial charge on any atom is 0.339 e. The summed E-state index contributed by atoms with van der Waals surface area (Å²) in [5.41, 5.74) is -0.0146. The number of aliphatic imine (C=N–C) groups is 1. The van der Waals surface area contributed by atoms with Gasteiger partial charge in [-0.2, -0.15) is 0 Å². The van der Waals surface area contributed by atoms with Crippen LogP contribution in [0.25, 0.3) is 0 Å². The Kier molecular flexibility index (Phi) is 2.17. The molecule has 1 aromatic rings. The molecule has 1 amide bonds. The van der Waals surface area contributed by atoms with E-state index in [1.165, 1.54) is 24.7 Å². The standard InChI is InChI=1S/C9H7N3O3/c13-7-4-10-5-12(7)8-6(9(14)15)2-1-3-11-8/h1-3,5H,4H2,(H,14,15). The number of carboxylic acid groups (broad SMARTS) is 1. The third kappa shape index (κ3) is 1.56. The molecule has 0 aromatic carbocycles. The molecule has 0 bridgehead atoms. The van der Waals surface area contributed by atoms with E-state index < -0.39 is 5.97 Å². The van der Waals surface area contributed by atoms with Crippen molar-refractivity contribution in [2.24, 2.45) is 4.99 Å². The Balaban J connectivity index is 2.47. The number of carbonyl (C=O) groups is 2. The maximum absolute atomic E-state index is 11.3. The van der Waals surface area contributed by atoms with Gasteiger partial charge in [0.1, 0.15) is 12.1 Å². The minimum Gasteiger partial charge on any atom is -0.478 e. The van der Waals surface area contributed by atoms with Gasteiger partial charge in [-0.3, -0.25) is 14.7 Å². The first kappa shape index (κ1) is 9.32. The van der Waals surface area contributed by atoms with Gasteiger partial charge in [-0.25, -0.2) is 9.78 Å². The van der Waals surface area contributed by atoms with E-state index in [-0.39, 0.29) is 23.8 Å². The molecular weight excluding hydrogens is 198 g/mol. The van der Waals surface area contributed by atoms with Crippen LogP contribution in [0.15, 0.2) is 23.3 Å². The molecule has 15 heavy (non-hydrogen) atoms. The minimum absolute atomic E-state index is 0.0146. The normalized spacial score (nSPS) is 14.7. The quantitative estimate of drug-likeness (QED) is 0.745. The molecule has 0 radical (unpaired) electrons. The molecule has 2 rings (SSSR count). The highest BCUT2D eigenvalue weighted by Gasteiger charge is 2.24. The van der Waals surface area contributed by atoms with E-state index in [0.29, 0.717) is 0 Å². The van der Waals surface area contributed by atoms with Crippen LogP contribution in [0.1, 0.15) is 10.4 Å². The number of nitrogens with zero attached hydrogens (tertiary/aromatic N) is 3. The molecule has 1 aromatic heterocycles. The molecule has 2 heterocycles. The summed E-state index contributed by atoms with van der Waals surface area (Å²) in [5.74, 6) is -1.29. The summed E-state index contributed by atoms with van der Waals surface area (Å²) in [5, 5.41) is 8.89. The Hall–Kier alpha value is -2.24. The van der Waals surface area contributed by atoms with Crippen LogP contribution in [-0.2, 0) is 4.79 Å². The molecule has 0 spiro atoms. The smallest absolute Gasteiger partial charge is 0.339 e. The van der Waals surface area contributed by atoms with E-state index in [4.69, 9.17) is 5.11 Å². The van der Waals surface area contributed by atoms with Crippen LogP contribution in [0.2, 0.25) is 0 Å². The van der Waals surface area contributed by atoms with Gasteiger partial charge in [0.2, 0.25) is 0 Å². The predicted molar refractivity (Wildman–Crippen MR) is 52.0 cm³/mol. The molecule has 1 aliphatic rings. The number of hydrogen-bond acceptors (Lipinski definition) is 4. The molecule has 1 N–H and O–H groups in total. The average Bonchev–Trinajstić information content (AvgIpc) is 2.64. The van der Waals surface area contributed by atoms with Gasteiger partial charge < -0.3 is 5.11 Å². The van der Waals surface area contributed by atoms with Crippen LogP contribution in [0, 0.1) is 0 Å². The summed E-state index contributed by atoms with van der Waals surface area (Å²) in [6.45, 7) is 0.0373. The summed E-state index contributed by atoms with van der Waals surface area (Å²) < 4.78 is 0. The van der Waals surface area contributed by atoms with Crippen molar-refractivity contribution in [1.29, 1.82) is 0 Å².